The lowest BCUT2D eigenvalue weighted by atomic mass is 10.1. The molecule has 0 aromatic heterocycles. The van der Waals surface area contributed by atoms with E-state index in [0.717, 1.165) is 50.6 Å². The molecule has 1 saturated heterocycles. The Morgan fingerprint density at radius 1 is 1.17 bits per heavy atom. The molecule has 3 rings (SSSR count). The van der Waals surface area contributed by atoms with Crippen LogP contribution >= 0.6 is 24.0 Å². The monoisotopic (exact) mass is 511 g/mol. The molecular weight excluding hydrogens is 480 g/mol. The SMILES string of the molecule is CCNC(=NCCc1cccc(F)c1)N1CCC(COCc2ccccc2)C1.I. The van der Waals surface area contributed by atoms with Crippen LogP contribution < -0.4 is 5.32 Å². The topological polar surface area (TPSA) is 36.9 Å². The van der Waals surface area contributed by atoms with Crippen molar-refractivity contribution in [2.45, 2.75) is 26.4 Å². The molecule has 1 fully saturated rings. The van der Waals surface area contributed by atoms with E-state index in [1.165, 1.54) is 11.6 Å². The molecule has 1 aliphatic rings. The van der Waals surface area contributed by atoms with E-state index in [2.05, 4.69) is 29.3 Å². The molecule has 29 heavy (non-hydrogen) atoms. The highest BCUT2D eigenvalue weighted by Gasteiger charge is 2.24. The van der Waals surface area contributed by atoms with Gasteiger partial charge in [-0.1, -0.05) is 42.5 Å². The summed E-state index contributed by atoms with van der Waals surface area (Å²) in [7, 11) is 0. The summed E-state index contributed by atoms with van der Waals surface area (Å²) >= 11 is 0. The van der Waals surface area contributed by atoms with Crippen LogP contribution in [0.2, 0.25) is 0 Å². The Bertz CT molecular complexity index is 757. The summed E-state index contributed by atoms with van der Waals surface area (Å²) in [5.41, 5.74) is 2.19. The third-order valence-corrected chi connectivity index (χ3v) is 4.94. The molecule has 2 aromatic carbocycles. The van der Waals surface area contributed by atoms with Crippen LogP contribution in [0.3, 0.4) is 0 Å². The third-order valence-electron chi connectivity index (χ3n) is 4.94. The quantitative estimate of drug-likeness (QED) is 0.323. The van der Waals surface area contributed by atoms with Crippen LogP contribution in [0, 0.1) is 11.7 Å². The first-order chi connectivity index (χ1) is 13.7. The third kappa shape index (κ3) is 7.93. The molecule has 1 unspecified atom stereocenters. The maximum absolute atomic E-state index is 13.3. The Morgan fingerprint density at radius 3 is 2.72 bits per heavy atom. The Hall–Kier alpha value is -1.67. The number of benzene rings is 2. The summed E-state index contributed by atoms with van der Waals surface area (Å²) < 4.78 is 19.2. The van der Waals surface area contributed by atoms with E-state index in [4.69, 9.17) is 9.73 Å². The highest BCUT2D eigenvalue weighted by atomic mass is 127. The number of guanidine groups is 1. The second kappa shape index (κ2) is 12.8. The van der Waals surface area contributed by atoms with Crippen molar-refractivity contribution in [3.05, 3.63) is 71.5 Å². The van der Waals surface area contributed by atoms with Crippen LogP contribution in [-0.2, 0) is 17.8 Å². The number of aliphatic imine (C=N–C) groups is 1. The van der Waals surface area contributed by atoms with Gasteiger partial charge in [-0.25, -0.2) is 4.39 Å². The second-order valence-corrected chi connectivity index (χ2v) is 7.22. The maximum Gasteiger partial charge on any atom is 0.193 e. The fourth-order valence-corrected chi connectivity index (χ4v) is 3.49. The molecule has 0 bridgehead atoms. The highest BCUT2D eigenvalue weighted by molar-refractivity contribution is 14.0. The van der Waals surface area contributed by atoms with Gasteiger partial charge in [0.05, 0.1) is 13.2 Å². The molecule has 0 saturated carbocycles. The molecule has 0 amide bonds. The zero-order valence-electron chi connectivity index (χ0n) is 17.0. The van der Waals surface area contributed by atoms with E-state index >= 15 is 0 Å². The molecule has 4 nitrogen and oxygen atoms in total. The number of nitrogens with zero attached hydrogens (tertiary/aromatic N) is 2. The molecule has 1 heterocycles. The van der Waals surface area contributed by atoms with Gasteiger partial charge in [0.15, 0.2) is 5.96 Å². The average molecular weight is 511 g/mol. The lowest BCUT2D eigenvalue weighted by Gasteiger charge is -2.21. The van der Waals surface area contributed by atoms with Crippen molar-refractivity contribution in [3.8, 4) is 0 Å². The van der Waals surface area contributed by atoms with Gasteiger partial charge in [0.1, 0.15) is 5.82 Å². The molecule has 6 heteroatoms. The Labute approximate surface area is 190 Å². The van der Waals surface area contributed by atoms with E-state index in [9.17, 15) is 4.39 Å². The molecule has 0 spiro atoms. The summed E-state index contributed by atoms with van der Waals surface area (Å²) in [6.45, 7) is 6.96. The first-order valence-electron chi connectivity index (χ1n) is 10.1. The summed E-state index contributed by atoms with van der Waals surface area (Å²) in [5, 5.41) is 3.39. The number of halogens is 2. The molecule has 0 aliphatic carbocycles. The van der Waals surface area contributed by atoms with E-state index < -0.39 is 0 Å². The van der Waals surface area contributed by atoms with Gasteiger partial charge in [-0.15, -0.1) is 24.0 Å². The van der Waals surface area contributed by atoms with Crippen molar-refractivity contribution in [3.63, 3.8) is 0 Å². The minimum Gasteiger partial charge on any atom is -0.376 e. The number of likely N-dealkylation sites (tertiary alicyclic amines) is 1. The number of hydrogen-bond acceptors (Lipinski definition) is 2. The average Bonchev–Trinajstić information content (AvgIpc) is 3.17. The van der Waals surface area contributed by atoms with Gasteiger partial charge in [0, 0.05) is 32.1 Å². The second-order valence-electron chi connectivity index (χ2n) is 7.22. The highest BCUT2D eigenvalue weighted by Crippen LogP contribution is 2.17. The minimum atomic E-state index is -0.189. The molecule has 158 valence electrons. The van der Waals surface area contributed by atoms with Gasteiger partial charge in [-0.2, -0.15) is 0 Å². The van der Waals surface area contributed by atoms with Gasteiger partial charge in [-0.05, 0) is 43.0 Å². The fourth-order valence-electron chi connectivity index (χ4n) is 3.49. The summed E-state index contributed by atoms with van der Waals surface area (Å²) in [5.74, 6) is 1.28. The largest absolute Gasteiger partial charge is 0.376 e. The molecule has 1 aliphatic heterocycles. The van der Waals surface area contributed by atoms with Crippen LogP contribution in [0.4, 0.5) is 4.39 Å². The van der Waals surface area contributed by atoms with Gasteiger partial charge in [0.25, 0.3) is 0 Å². The van der Waals surface area contributed by atoms with Crippen molar-refractivity contribution in [1.82, 2.24) is 10.2 Å². The van der Waals surface area contributed by atoms with Crippen molar-refractivity contribution < 1.29 is 9.13 Å². The Kier molecular flexibility index (Phi) is 10.4. The zero-order chi connectivity index (χ0) is 19.6. The number of ether oxygens (including phenoxy) is 1. The summed E-state index contributed by atoms with van der Waals surface area (Å²) in [4.78, 5) is 7.06. The summed E-state index contributed by atoms with van der Waals surface area (Å²) in [6, 6.07) is 17.0. The van der Waals surface area contributed by atoms with Crippen LogP contribution in [0.5, 0.6) is 0 Å². The standard InChI is InChI=1S/C23H30FN3O.HI/c1-2-25-23(26-13-11-19-9-6-10-22(24)15-19)27-14-12-21(16-27)18-28-17-20-7-4-3-5-8-20;/h3-10,15,21H,2,11-14,16-18H2,1H3,(H,25,26);1H. The molecule has 1 N–H and O–H groups in total. The molecular formula is C23H31FIN3O. The number of rotatable bonds is 8. The fraction of sp³-hybridized carbons (Fsp3) is 0.435. The predicted molar refractivity (Wildman–Crippen MR) is 127 cm³/mol. The van der Waals surface area contributed by atoms with Gasteiger partial charge >= 0.3 is 0 Å². The normalized spacial score (nSPS) is 16.6. The van der Waals surface area contributed by atoms with Gasteiger partial charge in [0.2, 0.25) is 0 Å². The van der Waals surface area contributed by atoms with Gasteiger partial charge < -0.3 is 15.0 Å². The summed E-state index contributed by atoms with van der Waals surface area (Å²) in [6.07, 6.45) is 1.85. The first kappa shape index (κ1) is 23.6. The van der Waals surface area contributed by atoms with Crippen LogP contribution in [0.1, 0.15) is 24.5 Å². The number of hydrogen-bond donors (Lipinski definition) is 1. The molecule has 0 radical (unpaired) electrons. The van der Waals surface area contributed by atoms with Crippen molar-refractivity contribution in [2.75, 3.05) is 32.8 Å². The first-order valence-corrected chi connectivity index (χ1v) is 10.1. The van der Waals surface area contributed by atoms with E-state index in [1.807, 2.05) is 24.3 Å². The van der Waals surface area contributed by atoms with E-state index in [1.54, 1.807) is 12.1 Å². The minimum absolute atomic E-state index is 0. The van der Waals surface area contributed by atoms with Crippen molar-refractivity contribution in [2.24, 2.45) is 10.9 Å². The Balaban J connectivity index is 0.00000300. The zero-order valence-corrected chi connectivity index (χ0v) is 19.3. The van der Waals surface area contributed by atoms with Crippen LogP contribution in [0.15, 0.2) is 59.6 Å². The smallest absolute Gasteiger partial charge is 0.193 e. The Morgan fingerprint density at radius 2 is 1.97 bits per heavy atom. The van der Waals surface area contributed by atoms with E-state index in [0.29, 0.717) is 19.1 Å². The predicted octanol–water partition coefficient (Wildman–Crippen LogP) is 4.49. The molecule has 2 aromatic rings. The lowest BCUT2D eigenvalue weighted by molar-refractivity contribution is 0.0907. The van der Waals surface area contributed by atoms with Crippen LogP contribution in [0.25, 0.3) is 0 Å². The van der Waals surface area contributed by atoms with Crippen molar-refractivity contribution >= 4 is 29.9 Å². The van der Waals surface area contributed by atoms with Gasteiger partial charge in [-0.3, -0.25) is 4.99 Å². The van der Waals surface area contributed by atoms with Crippen molar-refractivity contribution in [1.29, 1.82) is 0 Å². The van der Waals surface area contributed by atoms with Crippen LogP contribution in [-0.4, -0.2) is 43.6 Å². The molecule has 1 atom stereocenters. The maximum atomic E-state index is 13.3. The van der Waals surface area contributed by atoms with E-state index in [-0.39, 0.29) is 29.8 Å². The number of nitrogens with one attached hydrogen (secondary N) is 1. The lowest BCUT2D eigenvalue weighted by Crippen LogP contribution is -2.40.